The van der Waals surface area contributed by atoms with E-state index in [2.05, 4.69) is 5.16 Å². The topological polar surface area (TPSA) is 132 Å². The Bertz CT molecular complexity index is 896. The van der Waals surface area contributed by atoms with E-state index < -0.39 is 22.5 Å². The van der Waals surface area contributed by atoms with Crippen molar-refractivity contribution >= 4 is 17.0 Å². The van der Waals surface area contributed by atoms with Crippen LogP contribution in [0.15, 0.2) is 35.7 Å². The fraction of sp³-hybridized carbons (Fsp3) is 0.0833. The number of rotatable bonds is 3. The van der Waals surface area contributed by atoms with Crippen LogP contribution in [0.1, 0.15) is 17.2 Å². The third-order valence-corrected chi connectivity index (χ3v) is 3.81. The number of aromatic amines is 1. The van der Waals surface area contributed by atoms with Crippen molar-refractivity contribution in [2.75, 3.05) is 5.73 Å². The molecule has 0 saturated carbocycles. The summed E-state index contributed by atoms with van der Waals surface area (Å²) in [6.45, 7) is 0. The van der Waals surface area contributed by atoms with Crippen LogP contribution in [-0.2, 0) is 0 Å². The van der Waals surface area contributed by atoms with E-state index >= 15 is 0 Å². The Kier molecular flexibility index (Phi) is 2.70. The number of nitrogens with two attached hydrogens (primary N) is 2. The van der Waals surface area contributed by atoms with Crippen molar-refractivity contribution in [1.82, 2.24) is 5.16 Å². The van der Waals surface area contributed by atoms with Gasteiger partial charge in [-0.2, -0.15) is 16.5 Å². The molecule has 0 amide bonds. The van der Waals surface area contributed by atoms with Crippen molar-refractivity contribution in [2.45, 2.75) is 6.04 Å². The number of nitrogens with one attached hydrogen (secondary N) is 1. The Hall–Kier alpha value is -2.45. The number of hydrogen-bond acceptors (Lipinski definition) is 7. The van der Waals surface area contributed by atoms with Gasteiger partial charge >= 0.3 is 0 Å². The highest BCUT2D eigenvalue weighted by Crippen LogP contribution is 2.29. The van der Waals surface area contributed by atoms with Gasteiger partial charge in [-0.3, -0.25) is 14.4 Å². The van der Waals surface area contributed by atoms with Gasteiger partial charge in [0.25, 0.3) is 5.56 Å². The molecule has 20 heavy (non-hydrogen) atoms. The summed E-state index contributed by atoms with van der Waals surface area (Å²) in [4.78, 5) is 34.5. The van der Waals surface area contributed by atoms with E-state index in [1.807, 2.05) is 5.38 Å². The minimum Gasteiger partial charge on any atom is -0.395 e. The molecule has 3 aromatic rings. The molecule has 1 atom stereocenters. The fourth-order valence-corrected chi connectivity index (χ4v) is 2.72. The van der Waals surface area contributed by atoms with E-state index in [0.29, 0.717) is 5.56 Å². The van der Waals surface area contributed by atoms with E-state index in [9.17, 15) is 14.4 Å². The van der Waals surface area contributed by atoms with Crippen LogP contribution in [0.25, 0.3) is 11.3 Å². The monoisotopic (exact) mass is 291 g/mol. The third-order valence-electron chi connectivity index (χ3n) is 3.13. The zero-order valence-corrected chi connectivity index (χ0v) is 10.8. The molecule has 1 aromatic carbocycles. The second-order valence-corrected chi connectivity index (χ2v) is 5.03. The third kappa shape index (κ3) is 1.59. The molecular weight excluding hydrogens is 282 g/mol. The normalized spacial score (nSPS) is 12.8. The smallest absolute Gasteiger partial charge is 0.285 e. The van der Waals surface area contributed by atoms with E-state index in [1.165, 1.54) is 11.3 Å². The van der Waals surface area contributed by atoms with Crippen molar-refractivity contribution in [3.05, 3.63) is 58.8 Å². The van der Waals surface area contributed by atoms with E-state index in [0.717, 1.165) is 0 Å². The molecule has 1 unspecified atom stereocenters. The predicted octanol–water partition coefficient (Wildman–Crippen LogP) is -0.0773. The molecule has 0 saturated heterocycles. The van der Waals surface area contributed by atoms with Crippen molar-refractivity contribution in [1.29, 1.82) is 0 Å². The summed E-state index contributed by atoms with van der Waals surface area (Å²) in [5.74, 6) is 0.246. The van der Waals surface area contributed by atoms with Crippen molar-refractivity contribution in [3.8, 4) is 11.3 Å². The first-order valence-corrected chi connectivity index (χ1v) is 6.54. The molecule has 2 heterocycles. The van der Waals surface area contributed by atoms with Crippen LogP contribution in [0, 0.1) is 0 Å². The lowest BCUT2D eigenvalue weighted by Crippen LogP contribution is -2.42. The van der Waals surface area contributed by atoms with Crippen LogP contribution in [0.2, 0.25) is 0 Å². The second-order valence-electron chi connectivity index (χ2n) is 4.25. The summed E-state index contributed by atoms with van der Waals surface area (Å²) in [7, 11) is 0. The largest absolute Gasteiger partial charge is 0.395 e. The van der Waals surface area contributed by atoms with E-state index in [-0.39, 0.29) is 22.6 Å². The SMILES string of the molecule is Nc1c(C(N)c2c(-c3ccsc3)o[nH]c2=O)c(=O)c1=O. The van der Waals surface area contributed by atoms with Crippen LogP contribution in [-0.4, -0.2) is 5.16 Å². The molecule has 3 rings (SSSR count). The number of thiophene rings is 1. The minimum atomic E-state index is -1.09. The zero-order chi connectivity index (χ0) is 14.4. The first-order chi connectivity index (χ1) is 9.52. The number of nitrogen functional groups attached to an aromatic ring is 1. The summed E-state index contributed by atoms with van der Waals surface area (Å²) >= 11 is 1.42. The molecule has 0 aliphatic rings. The molecule has 0 bridgehead atoms. The predicted molar refractivity (Wildman–Crippen MR) is 74.4 cm³/mol. The Morgan fingerprint density at radius 3 is 2.55 bits per heavy atom. The maximum atomic E-state index is 11.8. The van der Waals surface area contributed by atoms with Gasteiger partial charge in [-0.25, -0.2) is 0 Å². The maximum absolute atomic E-state index is 11.8. The van der Waals surface area contributed by atoms with Crippen LogP contribution < -0.4 is 27.9 Å². The average Bonchev–Trinajstić information content (AvgIpc) is 3.07. The van der Waals surface area contributed by atoms with Crippen molar-refractivity contribution in [3.63, 3.8) is 0 Å². The Balaban J connectivity index is 2.17. The fourth-order valence-electron chi connectivity index (χ4n) is 2.08. The van der Waals surface area contributed by atoms with E-state index in [1.54, 1.807) is 11.4 Å². The quantitative estimate of drug-likeness (QED) is 0.578. The summed E-state index contributed by atoms with van der Waals surface area (Å²) in [5.41, 5.74) is 9.81. The molecule has 5 N–H and O–H groups in total. The summed E-state index contributed by atoms with van der Waals surface area (Å²) in [6, 6.07) is 0.663. The first-order valence-electron chi connectivity index (χ1n) is 5.60. The molecule has 8 heteroatoms. The average molecular weight is 291 g/mol. The van der Waals surface area contributed by atoms with Crippen molar-refractivity contribution < 1.29 is 4.52 Å². The maximum Gasteiger partial charge on any atom is 0.285 e. The summed E-state index contributed by atoms with van der Waals surface area (Å²) in [6.07, 6.45) is 0. The molecule has 0 spiro atoms. The van der Waals surface area contributed by atoms with Crippen molar-refractivity contribution in [2.24, 2.45) is 5.73 Å². The summed E-state index contributed by atoms with van der Waals surface area (Å²) in [5, 5.41) is 5.77. The molecule has 0 radical (unpaired) electrons. The Morgan fingerprint density at radius 2 is 1.95 bits per heavy atom. The molecule has 2 aromatic heterocycles. The van der Waals surface area contributed by atoms with Gasteiger partial charge in [0.15, 0.2) is 5.76 Å². The summed E-state index contributed by atoms with van der Waals surface area (Å²) < 4.78 is 5.11. The van der Waals surface area contributed by atoms with Crippen LogP contribution in [0.4, 0.5) is 5.69 Å². The molecule has 0 aliphatic heterocycles. The highest BCUT2D eigenvalue weighted by atomic mass is 32.1. The number of hydrogen-bond donors (Lipinski definition) is 3. The Morgan fingerprint density at radius 1 is 1.20 bits per heavy atom. The van der Waals surface area contributed by atoms with Crippen LogP contribution in [0.5, 0.6) is 0 Å². The van der Waals surface area contributed by atoms with Gasteiger partial charge in [0, 0.05) is 10.9 Å². The lowest BCUT2D eigenvalue weighted by atomic mass is 9.93. The number of anilines is 1. The lowest BCUT2D eigenvalue weighted by Gasteiger charge is -2.13. The number of aromatic nitrogens is 1. The van der Waals surface area contributed by atoms with E-state index in [4.69, 9.17) is 16.0 Å². The van der Waals surface area contributed by atoms with Gasteiger partial charge in [-0.1, -0.05) is 0 Å². The van der Waals surface area contributed by atoms with Gasteiger partial charge < -0.3 is 16.0 Å². The zero-order valence-electron chi connectivity index (χ0n) is 10.0. The van der Waals surface area contributed by atoms with Gasteiger partial charge in [-0.05, 0) is 11.4 Å². The molecule has 102 valence electrons. The highest BCUT2D eigenvalue weighted by molar-refractivity contribution is 7.08. The van der Waals surface area contributed by atoms with Gasteiger partial charge in [0.05, 0.1) is 22.9 Å². The molecule has 7 nitrogen and oxygen atoms in total. The Labute approximate surface area is 115 Å². The van der Waals surface area contributed by atoms with Gasteiger partial charge in [0.1, 0.15) is 0 Å². The molecular formula is C12H9N3O4S. The van der Waals surface area contributed by atoms with Crippen LogP contribution in [0.3, 0.4) is 0 Å². The number of H-pyrrole nitrogens is 1. The second kappa shape index (κ2) is 4.29. The molecule has 0 fully saturated rings. The standard InChI is InChI=1S/C12H9N3O4S/c13-7(5-8(14)10(17)9(5)16)6-11(19-15-12(6)18)4-1-2-20-3-4/h1-3,7H,13-14H2,(H,15,18). The van der Waals surface area contributed by atoms with Gasteiger partial charge in [0.2, 0.25) is 10.9 Å². The van der Waals surface area contributed by atoms with Gasteiger partial charge in [-0.15, -0.1) is 0 Å². The minimum absolute atomic E-state index is 0.0432. The highest BCUT2D eigenvalue weighted by Gasteiger charge is 2.30. The molecule has 0 aliphatic carbocycles. The lowest BCUT2D eigenvalue weighted by molar-refractivity contribution is 0.425. The first kappa shape index (κ1) is 12.6. The van der Waals surface area contributed by atoms with Crippen LogP contribution >= 0.6 is 11.3 Å².